The van der Waals surface area contributed by atoms with Gasteiger partial charge in [0.2, 0.25) is 5.91 Å². The maximum absolute atomic E-state index is 12.1. The van der Waals surface area contributed by atoms with Gasteiger partial charge in [0.1, 0.15) is 0 Å². The highest BCUT2D eigenvalue weighted by atomic mass is 16.3. The molecule has 0 radical (unpaired) electrons. The Morgan fingerprint density at radius 2 is 1.94 bits per heavy atom. The monoisotopic (exact) mass is 254 g/mol. The number of likely N-dealkylation sites (N-methyl/N-ethyl adjacent to an activating group) is 2. The Balaban J connectivity index is 1.79. The fraction of sp³-hybridized carbons (Fsp3) is 0.929. The molecule has 0 aromatic carbocycles. The van der Waals surface area contributed by atoms with Crippen LogP contribution in [0.1, 0.15) is 45.4 Å². The lowest BCUT2D eigenvalue weighted by atomic mass is 10.0. The normalized spacial score (nSPS) is 22.4. The second-order valence-corrected chi connectivity index (χ2v) is 6.01. The third-order valence-corrected chi connectivity index (χ3v) is 4.15. The van der Waals surface area contributed by atoms with Gasteiger partial charge in [-0.05, 0) is 39.7 Å². The zero-order chi connectivity index (χ0) is 13.2. The predicted octanol–water partition coefficient (Wildman–Crippen LogP) is 1.23. The highest BCUT2D eigenvalue weighted by molar-refractivity contribution is 5.78. The molecule has 2 saturated carbocycles. The van der Waals surface area contributed by atoms with Gasteiger partial charge >= 0.3 is 0 Å². The molecule has 1 N–H and O–H groups in total. The third kappa shape index (κ3) is 3.45. The molecule has 0 saturated heterocycles. The van der Waals surface area contributed by atoms with E-state index in [1.807, 2.05) is 23.8 Å². The van der Waals surface area contributed by atoms with Crippen LogP contribution in [-0.2, 0) is 4.79 Å². The van der Waals surface area contributed by atoms with E-state index in [1.54, 1.807) is 0 Å². The average molecular weight is 254 g/mol. The van der Waals surface area contributed by atoms with E-state index in [-0.39, 0.29) is 5.91 Å². The lowest BCUT2D eigenvalue weighted by molar-refractivity contribution is -0.133. The summed E-state index contributed by atoms with van der Waals surface area (Å²) in [6.07, 6.45) is 6.31. The van der Waals surface area contributed by atoms with E-state index in [1.165, 1.54) is 0 Å². The van der Waals surface area contributed by atoms with Crippen molar-refractivity contribution in [3.63, 3.8) is 0 Å². The summed E-state index contributed by atoms with van der Waals surface area (Å²) in [4.78, 5) is 16.1. The summed E-state index contributed by atoms with van der Waals surface area (Å²) in [6.45, 7) is 3.91. The number of nitrogens with zero attached hydrogens (tertiary/aromatic N) is 2. The van der Waals surface area contributed by atoms with Crippen molar-refractivity contribution in [2.75, 3.05) is 26.7 Å². The molecular weight excluding hydrogens is 228 g/mol. The van der Waals surface area contributed by atoms with Gasteiger partial charge in [0.25, 0.3) is 0 Å². The topological polar surface area (TPSA) is 43.8 Å². The smallest absolute Gasteiger partial charge is 0.236 e. The molecule has 2 aliphatic rings. The number of hydrogen-bond donors (Lipinski definition) is 1. The van der Waals surface area contributed by atoms with Crippen molar-refractivity contribution in [1.29, 1.82) is 0 Å². The van der Waals surface area contributed by atoms with Gasteiger partial charge in [0.05, 0.1) is 12.1 Å². The van der Waals surface area contributed by atoms with Crippen LogP contribution in [0.15, 0.2) is 0 Å². The van der Waals surface area contributed by atoms with Crippen LogP contribution in [0.5, 0.6) is 0 Å². The maximum atomic E-state index is 12.1. The van der Waals surface area contributed by atoms with Crippen molar-refractivity contribution in [1.82, 2.24) is 9.80 Å². The summed E-state index contributed by atoms with van der Waals surface area (Å²) in [5, 5.41) is 10.3. The molecule has 4 heteroatoms. The van der Waals surface area contributed by atoms with Crippen LogP contribution in [0.25, 0.3) is 0 Å². The minimum atomic E-state index is -0.550. The molecule has 0 bridgehead atoms. The van der Waals surface area contributed by atoms with Gasteiger partial charge in [-0.25, -0.2) is 0 Å². The number of amides is 1. The molecule has 0 unspecified atom stereocenters. The standard InChI is InChI=1S/C14H26N2O2/c1-3-16(12-6-7-12)13(17)10-15(2)11-14(18)8-4-5-9-14/h12,18H,3-11H2,1-2H3. The lowest BCUT2D eigenvalue weighted by Gasteiger charge is -2.30. The SMILES string of the molecule is CCN(C(=O)CN(C)CC1(O)CCCC1)C1CC1. The molecule has 0 spiro atoms. The van der Waals surface area contributed by atoms with Crippen LogP contribution in [0.3, 0.4) is 0 Å². The van der Waals surface area contributed by atoms with E-state index in [9.17, 15) is 9.90 Å². The molecule has 2 fully saturated rings. The minimum Gasteiger partial charge on any atom is -0.389 e. The fourth-order valence-electron chi connectivity index (χ4n) is 3.10. The highest BCUT2D eigenvalue weighted by Gasteiger charge is 2.34. The predicted molar refractivity (Wildman–Crippen MR) is 71.3 cm³/mol. The van der Waals surface area contributed by atoms with Gasteiger partial charge in [-0.3, -0.25) is 9.69 Å². The van der Waals surface area contributed by atoms with Gasteiger partial charge in [0, 0.05) is 19.1 Å². The molecule has 0 aromatic heterocycles. The van der Waals surface area contributed by atoms with Gasteiger partial charge in [-0.2, -0.15) is 0 Å². The van der Waals surface area contributed by atoms with E-state index < -0.39 is 5.60 Å². The van der Waals surface area contributed by atoms with Gasteiger partial charge in [0.15, 0.2) is 0 Å². The highest BCUT2D eigenvalue weighted by Crippen LogP contribution is 2.30. The zero-order valence-electron chi connectivity index (χ0n) is 11.7. The Kier molecular flexibility index (Phi) is 4.28. The second kappa shape index (κ2) is 5.57. The summed E-state index contributed by atoms with van der Waals surface area (Å²) in [5.41, 5.74) is -0.550. The van der Waals surface area contributed by atoms with E-state index in [2.05, 4.69) is 0 Å². The minimum absolute atomic E-state index is 0.212. The molecule has 0 aliphatic heterocycles. The zero-order valence-corrected chi connectivity index (χ0v) is 11.7. The molecule has 4 nitrogen and oxygen atoms in total. The van der Waals surface area contributed by atoms with Crippen LogP contribution >= 0.6 is 0 Å². The van der Waals surface area contributed by atoms with Crippen molar-refractivity contribution in [3.8, 4) is 0 Å². The largest absolute Gasteiger partial charge is 0.389 e. The van der Waals surface area contributed by atoms with Gasteiger partial charge in [-0.15, -0.1) is 0 Å². The van der Waals surface area contributed by atoms with Crippen molar-refractivity contribution < 1.29 is 9.90 Å². The quantitative estimate of drug-likeness (QED) is 0.775. The molecule has 104 valence electrons. The summed E-state index contributed by atoms with van der Waals surface area (Å²) >= 11 is 0. The molecule has 2 rings (SSSR count). The van der Waals surface area contributed by atoms with E-state index in [0.717, 1.165) is 45.1 Å². The van der Waals surface area contributed by atoms with Crippen LogP contribution in [0.4, 0.5) is 0 Å². The summed E-state index contributed by atoms with van der Waals surface area (Å²) in [5.74, 6) is 0.212. The number of carbonyl (C=O) groups excluding carboxylic acids is 1. The summed E-state index contributed by atoms with van der Waals surface area (Å²) in [7, 11) is 1.94. The van der Waals surface area contributed by atoms with Crippen LogP contribution in [0.2, 0.25) is 0 Å². The van der Waals surface area contributed by atoms with E-state index in [0.29, 0.717) is 19.1 Å². The van der Waals surface area contributed by atoms with Crippen molar-refractivity contribution >= 4 is 5.91 Å². The van der Waals surface area contributed by atoms with Crippen LogP contribution in [0, 0.1) is 0 Å². The van der Waals surface area contributed by atoms with Crippen LogP contribution in [-0.4, -0.2) is 59.1 Å². The number of hydrogen-bond acceptors (Lipinski definition) is 3. The Labute approximate surface area is 110 Å². The van der Waals surface area contributed by atoms with Crippen molar-refractivity contribution in [2.45, 2.75) is 57.1 Å². The molecular formula is C14H26N2O2. The lowest BCUT2D eigenvalue weighted by Crippen LogP contribution is -2.45. The molecule has 0 heterocycles. The first-order valence-electron chi connectivity index (χ1n) is 7.24. The molecule has 0 atom stereocenters. The van der Waals surface area contributed by atoms with E-state index in [4.69, 9.17) is 0 Å². The Bertz CT molecular complexity index is 296. The summed E-state index contributed by atoms with van der Waals surface area (Å²) < 4.78 is 0. The summed E-state index contributed by atoms with van der Waals surface area (Å²) in [6, 6.07) is 0.491. The van der Waals surface area contributed by atoms with Gasteiger partial charge < -0.3 is 10.0 Å². The number of aliphatic hydroxyl groups is 1. The second-order valence-electron chi connectivity index (χ2n) is 6.01. The van der Waals surface area contributed by atoms with Crippen molar-refractivity contribution in [3.05, 3.63) is 0 Å². The molecule has 0 aromatic rings. The molecule has 1 amide bonds. The number of carbonyl (C=O) groups is 1. The first kappa shape index (κ1) is 13.8. The van der Waals surface area contributed by atoms with E-state index >= 15 is 0 Å². The average Bonchev–Trinajstić information content (AvgIpc) is 3.02. The first-order valence-corrected chi connectivity index (χ1v) is 7.24. The first-order chi connectivity index (χ1) is 8.54. The van der Waals surface area contributed by atoms with Crippen LogP contribution < -0.4 is 0 Å². The Morgan fingerprint density at radius 3 is 2.44 bits per heavy atom. The molecule has 18 heavy (non-hydrogen) atoms. The number of rotatable bonds is 6. The Morgan fingerprint density at radius 1 is 1.33 bits per heavy atom. The van der Waals surface area contributed by atoms with Gasteiger partial charge in [-0.1, -0.05) is 12.8 Å². The maximum Gasteiger partial charge on any atom is 0.236 e. The Hall–Kier alpha value is -0.610. The molecule has 2 aliphatic carbocycles. The van der Waals surface area contributed by atoms with Crippen molar-refractivity contribution in [2.24, 2.45) is 0 Å². The fourth-order valence-corrected chi connectivity index (χ4v) is 3.10. The third-order valence-electron chi connectivity index (χ3n) is 4.15.